The molecule has 0 saturated carbocycles. The highest BCUT2D eigenvalue weighted by Crippen LogP contribution is 2.25. The monoisotopic (exact) mass is 326 g/mol. The Morgan fingerprint density at radius 1 is 1.21 bits per heavy atom. The van der Waals surface area contributed by atoms with Gasteiger partial charge in [-0.25, -0.2) is 4.79 Å². The van der Waals surface area contributed by atoms with E-state index in [1.807, 2.05) is 39.0 Å². The summed E-state index contributed by atoms with van der Waals surface area (Å²) in [6.45, 7) is 6.77. The number of pyridine rings is 1. The van der Waals surface area contributed by atoms with Gasteiger partial charge in [-0.3, -0.25) is 4.79 Å². The van der Waals surface area contributed by atoms with Gasteiger partial charge in [0.05, 0.1) is 0 Å². The lowest BCUT2D eigenvalue weighted by atomic mass is 9.98. The number of nitrogens with zero attached hydrogens (tertiary/aromatic N) is 1. The van der Waals surface area contributed by atoms with E-state index in [4.69, 9.17) is 4.74 Å². The van der Waals surface area contributed by atoms with Crippen molar-refractivity contribution in [1.29, 1.82) is 0 Å². The number of rotatable bonds is 1. The van der Waals surface area contributed by atoms with E-state index in [0.717, 1.165) is 22.9 Å². The van der Waals surface area contributed by atoms with E-state index in [1.54, 1.807) is 4.90 Å². The predicted octanol–water partition coefficient (Wildman–Crippen LogP) is 3.55. The molecule has 1 aliphatic heterocycles. The Kier molecular flexibility index (Phi) is 4.18. The van der Waals surface area contributed by atoms with E-state index in [0.29, 0.717) is 13.1 Å². The van der Waals surface area contributed by atoms with Gasteiger partial charge < -0.3 is 14.6 Å². The minimum atomic E-state index is -0.481. The predicted molar refractivity (Wildman–Crippen MR) is 95.0 cm³/mol. The maximum Gasteiger partial charge on any atom is 0.410 e. The number of hydrogen-bond donors (Lipinski definition) is 1. The molecule has 24 heavy (non-hydrogen) atoms. The summed E-state index contributed by atoms with van der Waals surface area (Å²) in [7, 11) is 0. The molecule has 1 aliphatic rings. The van der Waals surface area contributed by atoms with Crippen LogP contribution in [0.5, 0.6) is 0 Å². The molecule has 0 unspecified atom stereocenters. The lowest BCUT2D eigenvalue weighted by Crippen LogP contribution is -2.39. The molecule has 1 N–H and O–H groups in total. The maximum absolute atomic E-state index is 12.1. The summed E-state index contributed by atoms with van der Waals surface area (Å²) in [5, 5.41) is 1.00. The highest BCUT2D eigenvalue weighted by molar-refractivity contribution is 5.83. The van der Waals surface area contributed by atoms with E-state index < -0.39 is 5.60 Å². The number of nitrogens with one attached hydrogen (secondary N) is 1. The van der Waals surface area contributed by atoms with Gasteiger partial charge in [0, 0.05) is 24.7 Å². The van der Waals surface area contributed by atoms with Gasteiger partial charge in [0.15, 0.2) is 0 Å². The maximum atomic E-state index is 12.1. The Bertz CT molecular complexity index is 859. The van der Waals surface area contributed by atoms with Crippen LogP contribution >= 0.6 is 0 Å². The van der Waals surface area contributed by atoms with E-state index in [1.165, 1.54) is 11.6 Å². The number of H-pyrrole nitrogens is 1. The number of amides is 1. The summed E-state index contributed by atoms with van der Waals surface area (Å²) < 4.78 is 5.41. The number of carbonyl (C=O) groups excluding carboxylic acids is 1. The average Bonchev–Trinajstić information content (AvgIpc) is 2.52. The van der Waals surface area contributed by atoms with Gasteiger partial charge in [0.1, 0.15) is 5.60 Å². The molecule has 2 aromatic rings. The minimum absolute atomic E-state index is 0.103. The van der Waals surface area contributed by atoms with Crippen molar-refractivity contribution < 1.29 is 9.53 Å². The molecule has 1 aromatic heterocycles. The molecule has 0 atom stereocenters. The summed E-state index contributed by atoms with van der Waals surface area (Å²) >= 11 is 0. The first-order chi connectivity index (χ1) is 11.3. The second-order valence-corrected chi connectivity index (χ2v) is 7.03. The summed E-state index contributed by atoms with van der Waals surface area (Å²) in [5.74, 6) is 0. The van der Waals surface area contributed by atoms with Crippen molar-refractivity contribution in [1.82, 2.24) is 9.88 Å². The quantitative estimate of drug-likeness (QED) is 0.871. The van der Waals surface area contributed by atoms with Gasteiger partial charge in [-0.15, -0.1) is 0 Å². The topological polar surface area (TPSA) is 62.4 Å². The molecule has 126 valence electrons. The zero-order chi connectivity index (χ0) is 17.3. The molecule has 5 nitrogen and oxygen atoms in total. The Balaban J connectivity index is 1.77. The largest absolute Gasteiger partial charge is 0.444 e. The average molecular weight is 326 g/mol. The molecule has 0 bridgehead atoms. The SMILES string of the molecule is CC(C)(C)OC(=O)N1CC=C(c2ccc3ccc(=O)[nH]c3c2)CC1. The van der Waals surface area contributed by atoms with E-state index in [9.17, 15) is 9.59 Å². The minimum Gasteiger partial charge on any atom is -0.444 e. The summed E-state index contributed by atoms with van der Waals surface area (Å²) in [6.07, 6.45) is 2.54. The molecule has 1 amide bonds. The van der Waals surface area contributed by atoms with Gasteiger partial charge in [-0.1, -0.05) is 18.2 Å². The van der Waals surface area contributed by atoms with Gasteiger partial charge >= 0.3 is 6.09 Å². The molecule has 2 heterocycles. The molecular weight excluding hydrogens is 304 g/mol. The van der Waals surface area contributed by atoms with Crippen molar-refractivity contribution in [3.05, 3.63) is 52.3 Å². The van der Waals surface area contributed by atoms with Gasteiger partial charge in [0.25, 0.3) is 0 Å². The molecule has 0 spiro atoms. The fourth-order valence-electron chi connectivity index (χ4n) is 2.77. The first kappa shape index (κ1) is 16.3. The van der Waals surface area contributed by atoms with Crippen LogP contribution in [-0.4, -0.2) is 34.7 Å². The first-order valence-corrected chi connectivity index (χ1v) is 8.12. The van der Waals surface area contributed by atoms with Crippen LogP contribution in [0.25, 0.3) is 16.5 Å². The van der Waals surface area contributed by atoms with Gasteiger partial charge in [-0.2, -0.15) is 0 Å². The van der Waals surface area contributed by atoms with Crippen LogP contribution in [0.2, 0.25) is 0 Å². The van der Waals surface area contributed by atoms with Gasteiger partial charge in [0.2, 0.25) is 5.56 Å². The molecule has 0 radical (unpaired) electrons. The first-order valence-electron chi connectivity index (χ1n) is 8.12. The zero-order valence-corrected chi connectivity index (χ0v) is 14.3. The number of aromatic amines is 1. The zero-order valence-electron chi connectivity index (χ0n) is 14.3. The third kappa shape index (κ3) is 3.67. The highest BCUT2D eigenvalue weighted by Gasteiger charge is 2.23. The smallest absolute Gasteiger partial charge is 0.410 e. The number of benzene rings is 1. The Hall–Kier alpha value is -2.56. The van der Waals surface area contributed by atoms with Crippen LogP contribution in [0.4, 0.5) is 4.79 Å². The normalized spacial score (nSPS) is 15.3. The number of aromatic nitrogens is 1. The fraction of sp³-hybridized carbons (Fsp3) is 0.368. The highest BCUT2D eigenvalue weighted by atomic mass is 16.6. The number of carbonyl (C=O) groups is 1. The molecule has 3 rings (SSSR count). The van der Waals surface area contributed by atoms with Crippen LogP contribution in [0.15, 0.2) is 41.2 Å². The van der Waals surface area contributed by atoms with Crippen molar-refractivity contribution >= 4 is 22.6 Å². The molecule has 5 heteroatoms. The van der Waals surface area contributed by atoms with Gasteiger partial charge in [-0.05, 0) is 55.8 Å². The van der Waals surface area contributed by atoms with Crippen LogP contribution in [-0.2, 0) is 4.74 Å². The Morgan fingerprint density at radius 3 is 2.62 bits per heavy atom. The van der Waals surface area contributed by atoms with Crippen molar-refractivity contribution in [2.24, 2.45) is 0 Å². The second kappa shape index (κ2) is 6.15. The molecule has 1 aromatic carbocycles. The molecule has 0 aliphatic carbocycles. The Morgan fingerprint density at radius 2 is 1.96 bits per heavy atom. The fourth-order valence-corrected chi connectivity index (χ4v) is 2.77. The van der Waals surface area contributed by atoms with E-state index >= 15 is 0 Å². The van der Waals surface area contributed by atoms with Crippen molar-refractivity contribution in [3.8, 4) is 0 Å². The molecule has 0 fully saturated rings. The lowest BCUT2D eigenvalue weighted by Gasteiger charge is -2.29. The number of fused-ring (bicyclic) bond motifs is 1. The van der Waals surface area contributed by atoms with Crippen LogP contribution in [0, 0.1) is 0 Å². The second-order valence-electron chi connectivity index (χ2n) is 7.03. The van der Waals surface area contributed by atoms with E-state index in [-0.39, 0.29) is 11.7 Å². The molecular formula is C19H22N2O3. The Labute approximate surface area is 140 Å². The summed E-state index contributed by atoms with van der Waals surface area (Å²) in [5.41, 5.74) is 2.50. The van der Waals surface area contributed by atoms with Crippen molar-refractivity contribution in [2.75, 3.05) is 13.1 Å². The third-order valence-corrected chi connectivity index (χ3v) is 3.96. The van der Waals surface area contributed by atoms with Crippen LogP contribution in [0.3, 0.4) is 0 Å². The van der Waals surface area contributed by atoms with Crippen LogP contribution in [0.1, 0.15) is 32.8 Å². The third-order valence-electron chi connectivity index (χ3n) is 3.96. The van der Waals surface area contributed by atoms with E-state index in [2.05, 4.69) is 17.1 Å². The number of hydrogen-bond acceptors (Lipinski definition) is 3. The summed E-state index contributed by atoms with van der Waals surface area (Å²) in [4.78, 5) is 28.1. The number of ether oxygens (including phenoxy) is 1. The standard InChI is InChI=1S/C19H22N2O3/c1-19(2,3)24-18(23)21-10-8-13(9-11-21)15-5-4-14-6-7-17(22)20-16(14)12-15/h4-8,12H,9-11H2,1-3H3,(H,20,22). The lowest BCUT2D eigenvalue weighted by molar-refractivity contribution is 0.0270. The van der Waals surface area contributed by atoms with Crippen molar-refractivity contribution in [3.63, 3.8) is 0 Å². The van der Waals surface area contributed by atoms with Crippen LogP contribution < -0.4 is 5.56 Å². The summed E-state index contributed by atoms with van der Waals surface area (Å²) in [6, 6.07) is 9.39. The van der Waals surface area contributed by atoms with Crippen molar-refractivity contribution in [2.45, 2.75) is 32.8 Å². The molecule has 0 saturated heterocycles.